The highest BCUT2D eigenvalue weighted by molar-refractivity contribution is 9.10. The molecule has 19 heavy (non-hydrogen) atoms. The van der Waals surface area contributed by atoms with Gasteiger partial charge in [0.05, 0.1) is 5.56 Å². The van der Waals surface area contributed by atoms with Gasteiger partial charge in [-0.1, -0.05) is 15.9 Å². The van der Waals surface area contributed by atoms with Crippen LogP contribution in [0.1, 0.15) is 27.0 Å². The lowest BCUT2D eigenvalue weighted by Gasteiger charge is -2.08. The molecule has 0 saturated carbocycles. The largest absolute Gasteiger partial charge is 0.288 e. The Bertz CT molecular complexity index is 665. The standard InChI is InChI=1S/C15H11BrF2O/c1-8-5-10(16)3-4-11(8)15(19)12-7-13(17)9(2)6-14(12)18/h3-7H,1-2H3. The third-order valence-corrected chi connectivity index (χ3v) is 3.42. The summed E-state index contributed by atoms with van der Waals surface area (Å²) in [4.78, 5) is 12.2. The van der Waals surface area contributed by atoms with Gasteiger partial charge in [-0.05, 0) is 55.3 Å². The molecule has 0 N–H and O–H groups in total. The molecule has 2 aromatic carbocycles. The van der Waals surface area contributed by atoms with Gasteiger partial charge >= 0.3 is 0 Å². The average Bonchev–Trinajstić information content (AvgIpc) is 2.33. The van der Waals surface area contributed by atoms with E-state index in [1.165, 1.54) is 6.92 Å². The highest BCUT2D eigenvalue weighted by atomic mass is 79.9. The van der Waals surface area contributed by atoms with Gasteiger partial charge in [-0.3, -0.25) is 4.79 Å². The first kappa shape index (κ1) is 13.9. The van der Waals surface area contributed by atoms with Crippen LogP contribution < -0.4 is 0 Å². The summed E-state index contributed by atoms with van der Waals surface area (Å²) in [6.45, 7) is 3.21. The number of benzene rings is 2. The number of hydrogen-bond acceptors (Lipinski definition) is 1. The predicted molar refractivity (Wildman–Crippen MR) is 73.4 cm³/mol. The molecule has 0 spiro atoms. The number of carbonyl (C=O) groups is 1. The lowest BCUT2D eigenvalue weighted by atomic mass is 9.98. The highest BCUT2D eigenvalue weighted by Crippen LogP contribution is 2.22. The van der Waals surface area contributed by atoms with Gasteiger partial charge in [0.25, 0.3) is 0 Å². The van der Waals surface area contributed by atoms with E-state index in [0.717, 1.165) is 16.6 Å². The number of carbonyl (C=O) groups excluding carboxylic acids is 1. The molecule has 2 rings (SSSR count). The molecule has 0 aliphatic heterocycles. The first-order valence-corrected chi connectivity index (χ1v) is 6.46. The Kier molecular flexibility index (Phi) is 3.80. The lowest BCUT2D eigenvalue weighted by molar-refractivity contribution is 0.103. The van der Waals surface area contributed by atoms with Crippen molar-refractivity contribution in [2.24, 2.45) is 0 Å². The van der Waals surface area contributed by atoms with Crippen LogP contribution in [0.5, 0.6) is 0 Å². The van der Waals surface area contributed by atoms with Crippen molar-refractivity contribution in [1.82, 2.24) is 0 Å². The summed E-state index contributed by atoms with van der Waals surface area (Å²) >= 11 is 3.29. The molecule has 0 aromatic heterocycles. The quantitative estimate of drug-likeness (QED) is 0.739. The van der Waals surface area contributed by atoms with Crippen LogP contribution in [-0.4, -0.2) is 5.78 Å². The number of aryl methyl sites for hydroxylation is 2. The van der Waals surface area contributed by atoms with Crippen molar-refractivity contribution >= 4 is 21.7 Å². The van der Waals surface area contributed by atoms with Crippen LogP contribution in [0.2, 0.25) is 0 Å². The zero-order valence-corrected chi connectivity index (χ0v) is 12.0. The van der Waals surface area contributed by atoms with Crippen LogP contribution in [0.15, 0.2) is 34.8 Å². The smallest absolute Gasteiger partial charge is 0.196 e. The van der Waals surface area contributed by atoms with Gasteiger partial charge in [0.1, 0.15) is 11.6 Å². The zero-order chi connectivity index (χ0) is 14.2. The van der Waals surface area contributed by atoms with Gasteiger partial charge in [-0.25, -0.2) is 8.78 Å². The molecule has 0 bridgehead atoms. The van der Waals surface area contributed by atoms with Crippen LogP contribution in [0.25, 0.3) is 0 Å². The third-order valence-electron chi connectivity index (χ3n) is 2.93. The molecule has 4 heteroatoms. The topological polar surface area (TPSA) is 17.1 Å². The van der Waals surface area contributed by atoms with Crippen molar-refractivity contribution in [2.45, 2.75) is 13.8 Å². The van der Waals surface area contributed by atoms with Crippen LogP contribution in [-0.2, 0) is 0 Å². The van der Waals surface area contributed by atoms with E-state index in [0.29, 0.717) is 11.1 Å². The Morgan fingerprint density at radius 2 is 1.63 bits per heavy atom. The summed E-state index contributed by atoms with van der Waals surface area (Å²) in [6, 6.07) is 7.04. The number of ketones is 1. The Labute approximate surface area is 118 Å². The monoisotopic (exact) mass is 324 g/mol. The molecule has 0 radical (unpaired) electrons. The molecule has 98 valence electrons. The van der Waals surface area contributed by atoms with Crippen LogP contribution in [0.3, 0.4) is 0 Å². The van der Waals surface area contributed by atoms with Crippen LogP contribution >= 0.6 is 15.9 Å². The van der Waals surface area contributed by atoms with Gasteiger partial charge in [0, 0.05) is 10.0 Å². The van der Waals surface area contributed by atoms with E-state index in [2.05, 4.69) is 15.9 Å². The van der Waals surface area contributed by atoms with Crippen LogP contribution in [0, 0.1) is 25.5 Å². The van der Waals surface area contributed by atoms with Crippen molar-refractivity contribution in [3.05, 3.63) is 68.7 Å². The fourth-order valence-electron chi connectivity index (χ4n) is 1.85. The SMILES string of the molecule is Cc1cc(F)c(C(=O)c2ccc(Br)cc2C)cc1F. The van der Waals surface area contributed by atoms with Crippen molar-refractivity contribution in [1.29, 1.82) is 0 Å². The summed E-state index contributed by atoms with van der Waals surface area (Å²) in [5, 5.41) is 0. The van der Waals surface area contributed by atoms with Gasteiger partial charge in [-0.15, -0.1) is 0 Å². The number of halogens is 3. The Balaban J connectivity index is 2.53. The molecule has 0 unspecified atom stereocenters. The van der Waals surface area contributed by atoms with E-state index in [1.807, 2.05) is 0 Å². The van der Waals surface area contributed by atoms with Crippen molar-refractivity contribution in [3.63, 3.8) is 0 Å². The molecular formula is C15H11BrF2O. The Morgan fingerprint density at radius 1 is 0.947 bits per heavy atom. The minimum Gasteiger partial charge on any atom is -0.288 e. The van der Waals surface area contributed by atoms with Crippen molar-refractivity contribution in [3.8, 4) is 0 Å². The predicted octanol–water partition coefficient (Wildman–Crippen LogP) is 4.58. The second-order valence-electron chi connectivity index (χ2n) is 4.37. The molecule has 0 fully saturated rings. The van der Waals surface area contributed by atoms with E-state index in [-0.39, 0.29) is 11.1 Å². The molecule has 0 aliphatic rings. The summed E-state index contributed by atoms with van der Waals surface area (Å²) in [7, 11) is 0. The zero-order valence-electron chi connectivity index (χ0n) is 10.4. The second-order valence-corrected chi connectivity index (χ2v) is 5.29. The van der Waals surface area contributed by atoms with Crippen LogP contribution in [0.4, 0.5) is 8.78 Å². The molecule has 0 atom stereocenters. The Morgan fingerprint density at radius 3 is 2.26 bits per heavy atom. The average molecular weight is 325 g/mol. The second kappa shape index (κ2) is 5.21. The normalized spacial score (nSPS) is 10.6. The molecule has 0 aliphatic carbocycles. The third kappa shape index (κ3) is 2.73. The summed E-state index contributed by atoms with van der Waals surface area (Å²) < 4.78 is 28.1. The number of hydrogen-bond donors (Lipinski definition) is 0. The van der Waals surface area contributed by atoms with E-state index < -0.39 is 17.4 Å². The molecule has 0 amide bonds. The highest BCUT2D eigenvalue weighted by Gasteiger charge is 2.18. The molecule has 0 saturated heterocycles. The first-order chi connectivity index (χ1) is 8.90. The maximum Gasteiger partial charge on any atom is 0.196 e. The van der Waals surface area contributed by atoms with Crippen molar-refractivity contribution < 1.29 is 13.6 Å². The van der Waals surface area contributed by atoms with Gasteiger partial charge < -0.3 is 0 Å². The summed E-state index contributed by atoms with van der Waals surface area (Å²) in [5.74, 6) is -1.80. The van der Waals surface area contributed by atoms with Crippen molar-refractivity contribution in [2.75, 3.05) is 0 Å². The van der Waals surface area contributed by atoms with E-state index in [4.69, 9.17) is 0 Å². The number of rotatable bonds is 2. The molecule has 1 nitrogen and oxygen atoms in total. The first-order valence-electron chi connectivity index (χ1n) is 5.66. The maximum atomic E-state index is 13.8. The summed E-state index contributed by atoms with van der Waals surface area (Å²) in [6.07, 6.45) is 0. The van der Waals surface area contributed by atoms with Gasteiger partial charge in [0.2, 0.25) is 0 Å². The molecular weight excluding hydrogens is 314 g/mol. The fraction of sp³-hybridized carbons (Fsp3) is 0.133. The summed E-state index contributed by atoms with van der Waals surface area (Å²) in [5.41, 5.74) is 1.01. The van der Waals surface area contributed by atoms with Gasteiger partial charge in [-0.2, -0.15) is 0 Å². The fourth-order valence-corrected chi connectivity index (χ4v) is 2.32. The maximum absolute atomic E-state index is 13.8. The van der Waals surface area contributed by atoms with E-state index >= 15 is 0 Å². The Hall–Kier alpha value is -1.55. The van der Waals surface area contributed by atoms with Gasteiger partial charge in [0.15, 0.2) is 5.78 Å². The minimum absolute atomic E-state index is 0.182. The van der Waals surface area contributed by atoms with E-state index in [1.54, 1.807) is 25.1 Å². The molecule has 2 aromatic rings. The molecule has 0 heterocycles. The lowest BCUT2D eigenvalue weighted by Crippen LogP contribution is -2.07. The minimum atomic E-state index is -0.703. The van der Waals surface area contributed by atoms with E-state index in [9.17, 15) is 13.6 Å².